The van der Waals surface area contributed by atoms with E-state index >= 15 is 0 Å². The van der Waals surface area contributed by atoms with Crippen LogP contribution in [0.5, 0.6) is 0 Å². The molecule has 0 radical (unpaired) electrons. The van der Waals surface area contributed by atoms with Crippen LogP contribution >= 0.6 is 0 Å². The minimum Gasteiger partial charge on any atom is -0.444 e. The smallest absolute Gasteiger partial charge is 0.410 e. The molecule has 2 heterocycles. The lowest BCUT2D eigenvalue weighted by Crippen LogP contribution is -2.54. The molecule has 1 saturated carbocycles. The maximum absolute atomic E-state index is 12.5. The van der Waals surface area contributed by atoms with Crippen LogP contribution < -0.4 is 0 Å². The molecule has 2 saturated heterocycles. The first-order valence-electron chi connectivity index (χ1n) is 14.1. The molecule has 0 aromatic heterocycles. The molecule has 37 heavy (non-hydrogen) atoms. The zero-order chi connectivity index (χ0) is 27.6. The van der Waals surface area contributed by atoms with E-state index in [9.17, 15) is 4.79 Å². The Labute approximate surface area is 226 Å². The van der Waals surface area contributed by atoms with Gasteiger partial charge in [0.25, 0.3) is 0 Å². The number of ether oxygens (including phenoxy) is 2. The molecule has 6 heteroatoms. The van der Waals surface area contributed by atoms with Crippen molar-refractivity contribution in [3.8, 4) is 0 Å². The van der Waals surface area contributed by atoms with E-state index in [0.29, 0.717) is 24.9 Å². The lowest BCUT2D eigenvalue weighted by molar-refractivity contribution is 0.0101. The Morgan fingerprint density at radius 2 is 1.89 bits per heavy atom. The number of rotatable bonds is 7. The third-order valence-electron chi connectivity index (χ3n) is 7.09. The minimum absolute atomic E-state index is 0.213. The predicted molar refractivity (Wildman–Crippen MR) is 155 cm³/mol. The molecule has 208 valence electrons. The summed E-state index contributed by atoms with van der Waals surface area (Å²) in [5.41, 5.74) is 4.56. The number of carbonyl (C=O) groups excluding carboxylic acids is 1. The van der Waals surface area contributed by atoms with Gasteiger partial charge in [-0.05, 0) is 85.1 Å². The molecule has 3 rings (SSSR count). The highest BCUT2D eigenvalue weighted by Crippen LogP contribution is 2.42. The third-order valence-corrected chi connectivity index (χ3v) is 7.09. The van der Waals surface area contributed by atoms with Crippen molar-refractivity contribution >= 4 is 11.8 Å². The normalized spacial score (nSPS) is 24.0. The number of hydrogen-bond donors (Lipinski definition) is 0. The molecule has 0 N–H and O–H groups in total. The Morgan fingerprint density at radius 3 is 2.32 bits per heavy atom. The molecular weight excluding hydrogens is 462 g/mol. The maximum atomic E-state index is 12.5. The first-order chi connectivity index (χ1) is 17.6. The maximum Gasteiger partial charge on any atom is 0.410 e. The Balaban J connectivity index is 0.000000510. The molecule has 0 aromatic rings. The van der Waals surface area contributed by atoms with Crippen molar-refractivity contribution in [2.75, 3.05) is 32.8 Å². The Bertz CT molecular complexity index is 867. The molecule has 1 unspecified atom stereocenters. The van der Waals surface area contributed by atoms with Crippen molar-refractivity contribution in [3.05, 3.63) is 48.4 Å². The van der Waals surface area contributed by atoms with Gasteiger partial charge in [-0.25, -0.2) is 4.79 Å². The van der Waals surface area contributed by atoms with E-state index in [-0.39, 0.29) is 12.1 Å². The van der Waals surface area contributed by atoms with Crippen LogP contribution in [-0.2, 0) is 9.47 Å². The zero-order valence-corrected chi connectivity index (χ0v) is 24.5. The van der Waals surface area contributed by atoms with E-state index in [0.717, 1.165) is 31.9 Å². The molecule has 0 aromatic carbocycles. The van der Waals surface area contributed by atoms with Gasteiger partial charge < -0.3 is 19.3 Å². The lowest BCUT2D eigenvalue weighted by Gasteiger charge is -2.42. The lowest BCUT2D eigenvalue weighted by atomic mass is 9.92. The second-order valence-electron chi connectivity index (χ2n) is 11.3. The standard InChI is InChI=1S/C24H39N3O2.C7H12O/c1-9-20(19-12-13-19)22(21(10-2)25-11-3)18(5)27-15-14-26(16-17(27)4)23(28)29-24(6,7)8;1-2-7-4-3-5-8-6-7/h9,11,17,19H,3,10,12-16H2,1-2,4-8H3;2,7H,1,3-6H2/b20-9-,22-18+,25-21?;/t17-;/m0./s1. The largest absolute Gasteiger partial charge is 0.444 e. The Kier molecular flexibility index (Phi) is 12.2. The van der Waals surface area contributed by atoms with Crippen molar-refractivity contribution < 1.29 is 14.3 Å². The fourth-order valence-electron chi connectivity index (χ4n) is 5.05. The number of carbonyl (C=O) groups is 1. The molecule has 1 amide bonds. The van der Waals surface area contributed by atoms with E-state index in [4.69, 9.17) is 9.47 Å². The van der Waals surface area contributed by atoms with Crippen LogP contribution in [-0.4, -0.2) is 66.1 Å². The van der Waals surface area contributed by atoms with Crippen LogP contribution in [0.4, 0.5) is 4.79 Å². The average molecular weight is 514 g/mol. The molecular formula is C31H51N3O3. The van der Waals surface area contributed by atoms with Gasteiger partial charge in [-0.15, -0.1) is 6.58 Å². The number of piperazine rings is 1. The highest BCUT2D eigenvalue weighted by Gasteiger charge is 2.34. The summed E-state index contributed by atoms with van der Waals surface area (Å²) >= 11 is 0. The van der Waals surface area contributed by atoms with Crippen molar-refractivity contribution in [3.63, 3.8) is 0 Å². The van der Waals surface area contributed by atoms with Gasteiger partial charge in [0.15, 0.2) is 0 Å². The van der Waals surface area contributed by atoms with Crippen LogP contribution in [0.2, 0.25) is 0 Å². The van der Waals surface area contributed by atoms with E-state index in [1.807, 2.05) is 31.7 Å². The van der Waals surface area contributed by atoms with Crippen molar-refractivity contribution in [1.29, 1.82) is 0 Å². The number of aliphatic imine (C=N–C) groups is 1. The van der Waals surface area contributed by atoms with Crippen molar-refractivity contribution in [2.24, 2.45) is 16.8 Å². The van der Waals surface area contributed by atoms with Gasteiger partial charge in [-0.1, -0.05) is 25.7 Å². The van der Waals surface area contributed by atoms with Gasteiger partial charge in [0, 0.05) is 61.4 Å². The summed E-state index contributed by atoms with van der Waals surface area (Å²) in [6.45, 7) is 25.9. The topological polar surface area (TPSA) is 54.4 Å². The second kappa shape index (κ2) is 14.6. The molecule has 2 aliphatic heterocycles. The van der Waals surface area contributed by atoms with Crippen LogP contribution in [0.1, 0.15) is 80.6 Å². The summed E-state index contributed by atoms with van der Waals surface area (Å²) in [7, 11) is 0. The van der Waals surface area contributed by atoms with Gasteiger partial charge >= 0.3 is 6.09 Å². The number of hydrogen-bond acceptors (Lipinski definition) is 5. The first kappa shape index (κ1) is 30.9. The fraction of sp³-hybridized carbons (Fsp3) is 0.677. The van der Waals surface area contributed by atoms with E-state index < -0.39 is 5.60 Å². The van der Waals surface area contributed by atoms with Gasteiger partial charge in [-0.3, -0.25) is 4.99 Å². The molecule has 2 atom stereocenters. The fourth-order valence-corrected chi connectivity index (χ4v) is 5.05. The van der Waals surface area contributed by atoms with Crippen molar-refractivity contribution in [2.45, 2.75) is 92.2 Å². The van der Waals surface area contributed by atoms with Gasteiger partial charge in [0.05, 0.1) is 6.61 Å². The molecule has 1 aliphatic carbocycles. The van der Waals surface area contributed by atoms with E-state index in [1.165, 1.54) is 42.5 Å². The monoisotopic (exact) mass is 513 g/mol. The molecule has 3 aliphatic rings. The molecule has 0 spiro atoms. The first-order valence-corrected chi connectivity index (χ1v) is 14.1. The van der Waals surface area contributed by atoms with E-state index in [2.05, 4.69) is 56.8 Å². The third kappa shape index (κ3) is 9.48. The summed E-state index contributed by atoms with van der Waals surface area (Å²) in [5, 5.41) is 0. The Hall–Kier alpha value is -2.34. The van der Waals surface area contributed by atoms with Crippen LogP contribution in [0.25, 0.3) is 0 Å². The zero-order valence-electron chi connectivity index (χ0n) is 24.5. The summed E-state index contributed by atoms with van der Waals surface area (Å²) < 4.78 is 10.8. The molecule has 0 bridgehead atoms. The van der Waals surface area contributed by atoms with E-state index in [1.54, 1.807) is 6.20 Å². The summed E-state index contributed by atoms with van der Waals surface area (Å²) in [4.78, 5) is 21.4. The SMILES string of the molecule is C=CC1CCCOC1.C=CN=C(CC)C(/C(=C\C)C1CC1)=C(\C)N1CCN(C(=O)OC(C)(C)C)C[C@@H]1C. The molecule has 3 fully saturated rings. The predicted octanol–water partition coefficient (Wildman–Crippen LogP) is 7.15. The van der Waals surface area contributed by atoms with Gasteiger partial charge in [0.1, 0.15) is 5.60 Å². The van der Waals surface area contributed by atoms with Gasteiger partial charge in [-0.2, -0.15) is 0 Å². The number of amides is 1. The summed E-state index contributed by atoms with van der Waals surface area (Å²) in [6.07, 6.45) is 11.5. The van der Waals surface area contributed by atoms with Crippen LogP contribution in [0, 0.1) is 11.8 Å². The highest BCUT2D eigenvalue weighted by atomic mass is 16.6. The number of allylic oxidation sites excluding steroid dienone is 4. The Morgan fingerprint density at radius 1 is 1.19 bits per heavy atom. The average Bonchev–Trinajstić information content (AvgIpc) is 3.71. The second-order valence-corrected chi connectivity index (χ2v) is 11.3. The van der Waals surface area contributed by atoms with Crippen molar-refractivity contribution in [1.82, 2.24) is 9.80 Å². The van der Waals surface area contributed by atoms with Crippen LogP contribution in [0.15, 0.2) is 53.3 Å². The quantitative estimate of drug-likeness (QED) is 0.206. The van der Waals surface area contributed by atoms with Gasteiger partial charge in [0.2, 0.25) is 0 Å². The van der Waals surface area contributed by atoms with Crippen LogP contribution in [0.3, 0.4) is 0 Å². The minimum atomic E-state index is -0.470. The molecule has 6 nitrogen and oxygen atoms in total. The highest BCUT2D eigenvalue weighted by molar-refractivity contribution is 6.04. The summed E-state index contributed by atoms with van der Waals surface area (Å²) in [6, 6.07) is 0.213. The number of nitrogens with zero attached hydrogens (tertiary/aromatic N) is 3. The summed E-state index contributed by atoms with van der Waals surface area (Å²) in [5.74, 6) is 1.27.